The van der Waals surface area contributed by atoms with Gasteiger partial charge in [0.25, 0.3) is 0 Å². The van der Waals surface area contributed by atoms with Crippen molar-refractivity contribution in [1.82, 2.24) is 10.6 Å². The van der Waals surface area contributed by atoms with Crippen LogP contribution in [0.5, 0.6) is 5.75 Å². The van der Waals surface area contributed by atoms with Crippen LogP contribution >= 0.6 is 0 Å². The van der Waals surface area contributed by atoms with Crippen molar-refractivity contribution in [2.24, 2.45) is 11.8 Å². The van der Waals surface area contributed by atoms with Gasteiger partial charge in [0.15, 0.2) is 0 Å². The lowest BCUT2D eigenvalue weighted by molar-refractivity contribution is -0.126. The number of methoxy groups -OCH3 is 1. The lowest BCUT2D eigenvalue weighted by Gasteiger charge is -2.21. The fourth-order valence-corrected chi connectivity index (χ4v) is 2.60. The second-order valence-corrected chi connectivity index (χ2v) is 5.36. The van der Waals surface area contributed by atoms with E-state index in [1.807, 2.05) is 6.92 Å². The summed E-state index contributed by atoms with van der Waals surface area (Å²) in [6.07, 6.45) is 0. The zero-order valence-corrected chi connectivity index (χ0v) is 12.1. The maximum Gasteiger partial charge on any atom is 0.225 e. The van der Waals surface area contributed by atoms with Crippen molar-refractivity contribution in [1.29, 1.82) is 0 Å². The molecule has 1 amide bonds. The summed E-state index contributed by atoms with van der Waals surface area (Å²) < 4.78 is 18.6. The molecule has 2 N–H and O–H groups in total. The molecule has 5 heteroatoms. The number of carbonyl (C=O) groups excluding carboxylic acids is 1. The van der Waals surface area contributed by atoms with Gasteiger partial charge in [0.1, 0.15) is 11.6 Å². The Hall–Kier alpha value is -1.62. The summed E-state index contributed by atoms with van der Waals surface area (Å²) in [7, 11) is 1.54. The predicted molar refractivity (Wildman–Crippen MR) is 75.0 cm³/mol. The fourth-order valence-electron chi connectivity index (χ4n) is 2.60. The molecule has 3 atom stereocenters. The molecular formula is C15H21FN2O2. The molecule has 4 nitrogen and oxygen atoms in total. The molecule has 110 valence electrons. The number of rotatable bonds is 4. The lowest BCUT2D eigenvalue weighted by atomic mass is 9.96. The Morgan fingerprint density at radius 2 is 2.25 bits per heavy atom. The van der Waals surface area contributed by atoms with Crippen LogP contribution in [0.3, 0.4) is 0 Å². The molecule has 1 heterocycles. The van der Waals surface area contributed by atoms with Crippen LogP contribution in [-0.4, -0.2) is 26.1 Å². The van der Waals surface area contributed by atoms with E-state index in [1.54, 1.807) is 6.07 Å². The van der Waals surface area contributed by atoms with Gasteiger partial charge in [-0.1, -0.05) is 6.92 Å². The molecule has 2 rings (SSSR count). The minimum absolute atomic E-state index is 0.00122. The third-order valence-electron chi connectivity index (χ3n) is 3.87. The minimum Gasteiger partial charge on any atom is -0.496 e. The molecule has 1 aromatic rings. The van der Waals surface area contributed by atoms with Crippen molar-refractivity contribution in [2.75, 3.05) is 20.2 Å². The van der Waals surface area contributed by atoms with Crippen molar-refractivity contribution in [2.45, 2.75) is 19.9 Å². The zero-order valence-electron chi connectivity index (χ0n) is 12.1. The number of carbonyl (C=O) groups is 1. The van der Waals surface area contributed by atoms with Gasteiger partial charge < -0.3 is 15.4 Å². The Bertz CT molecular complexity index is 493. The van der Waals surface area contributed by atoms with E-state index in [-0.39, 0.29) is 23.7 Å². The first-order valence-corrected chi connectivity index (χ1v) is 6.87. The smallest absolute Gasteiger partial charge is 0.225 e. The Balaban J connectivity index is 2.09. The summed E-state index contributed by atoms with van der Waals surface area (Å²) in [6, 6.07) is 4.04. The van der Waals surface area contributed by atoms with Crippen molar-refractivity contribution in [3.8, 4) is 5.75 Å². The molecule has 0 bridgehead atoms. The Kier molecular flexibility index (Phi) is 4.60. The first kappa shape index (κ1) is 14.8. The van der Waals surface area contributed by atoms with E-state index < -0.39 is 0 Å². The van der Waals surface area contributed by atoms with E-state index in [0.717, 1.165) is 6.54 Å². The van der Waals surface area contributed by atoms with Crippen LogP contribution in [0.4, 0.5) is 4.39 Å². The minimum atomic E-state index is -0.335. The molecule has 0 aliphatic carbocycles. The quantitative estimate of drug-likeness (QED) is 0.885. The average molecular weight is 280 g/mol. The molecule has 0 aromatic heterocycles. The normalized spacial score (nSPS) is 23.4. The second-order valence-electron chi connectivity index (χ2n) is 5.36. The fraction of sp³-hybridized carbons (Fsp3) is 0.533. The second kappa shape index (κ2) is 6.22. The molecular weight excluding hydrogens is 259 g/mol. The summed E-state index contributed by atoms with van der Waals surface area (Å²) >= 11 is 0. The third kappa shape index (κ3) is 3.10. The maximum absolute atomic E-state index is 13.4. The predicted octanol–water partition coefficient (Wildman–Crippen LogP) is 1.87. The average Bonchev–Trinajstić information content (AvgIpc) is 2.85. The van der Waals surface area contributed by atoms with Gasteiger partial charge in [-0.25, -0.2) is 4.39 Å². The van der Waals surface area contributed by atoms with Gasteiger partial charge in [-0.3, -0.25) is 4.79 Å². The van der Waals surface area contributed by atoms with E-state index in [2.05, 4.69) is 17.6 Å². The highest BCUT2D eigenvalue weighted by Gasteiger charge is 2.30. The van der Waals surface area contributed by atoms with Crippen LogP contribution in [-0.2, 0) is 4.79 Å². The van der Waals surface area contributed by atoms with E-state index in [0.29, 0.717) is 23.8 Å². The highest BCUT2D eigenvalue weighted by Crippen LogP contribution is 2.26. The standard InChI is InChI=1S/C15H21FN2O2/c1-9-7-17-8-13(9)15(19)18-10(2)12-6-11(16)4-5-14(12)20-3/h4-6,9-10,13,17H,7-8H2,1-3H3,(H,18,19)/t9-,10?,13-/m1/s1. The van der Waals surface area contributed by atoms with Crippen LogP contribution in [0.15, 0.2) is 18.2 Å². The van der Waals surface area contributed by atoms with Crippen LogP contribution in [0.1, 0.15) is 25.5 Å². The van der Waals surface area contributed by atoms with E-state index >= 15 is 0 Å². The first-order chi connectivity index (χ1) is 9.52. The van der Waals surface area contributed by atoms with Gasteiger partial charge in [0, 0.05) is 12.1 Å². The third-order valence-corrected chi connectivity index (χ3v) is 3.87. The molecule has 0 radical (unpaired) electrons. The van der Waals surface area contributed by atoms with Crippen LogP contribution < -0.4 is 15.4 Å². The molecule has 1 saturated heterocycles. The SMILES string of the molecule is COc1ccc(F)cc1C(C)NC(=O)[C@@H]1CNC[C@H]1C. The van der Waals surface area contributed by atoms with Crippen LogP contribution in [0.25, 0.3) is 0 Å². The highest BCUT2D eigenvalue weighted by atomic mass is 19.1. The number of ether oxygens (including phenoxy) is 1. The molecule has 1 unspecified atom stereocenters. The summed E-state index contributed by atoms with van der Waals surface area (Å²) in [5.74, 6) is 0.532. The molecule has 1 fully saturated rings. The van der Waals surface area contributed by atoms with E-state index in [9.17, 15) is 9.18 Å². The summed E-state index contributed by atoms with van der Waals surface area (Å²) in [5, 5.41) is 6.15. The van der Waals surface area contributed by atoms with Crippen molar-refractivity contribution in [3.05, 3.63) is 29.6 Å². The topological polar surface area (TPSA) is 50.4 Å². The van der Waals surface area contributed by atoms with Crippen LogP contribution in [0, 0.1) is 17.7 Å². The number of hydrogen-bond donors (Lipinski definition) is 2. The monoisotopic (exact) mass is 280 g/mol. The number of benzene rings is 1. The molecule has 20 heavy (non-hydrogen) atoms. The van der Waals surface area contributed by atoms with Gasteiger partial charge >= 0.3 is 0 Å². The Morgan fingerprint density at radius 3 is 2.85 bits per heavy atom. The molecule has 1 aromatic carbocycles. The molecule has 1 aliphatic heterocycles. The number of amides is 1. The van der Waals surface area contributed by atoms with E-state index in [4.69, 9.17) is 4.74 Å². The zero-order chi connectivity index (χ0) is 14.7. The molecule has 1 aliphatic rings. The first-order valence-electron chi connectivity index (χ1n) is 6.87. The Labute approximate surface area is 118 Å². The van der Waals surface area contributed by atoms with Gasteiger partial charge in [0.05, 0.1) is 19.1 Å². The number of nitrogens with one attached hydrogen (secondary N) is 2. The number of halogens is 1. The van der Waals surface area contributed by atoms with Gasteiger partial charge in [-0.15, -0.1) is 0 Å². The molecule has 0 spiro atoms. The summed E-state index contributed by atoms with van der Waals surface area (Å²) in [6.45, 7) is 5.44. The Morgan fingerprint density at radius 1 is 1.50 bits per heavy atom. The van der Waals surface area contributed by atoms with Crippen molar-refractivity contribution >= 4 is 5.91 Å². The van der Waals surface area contributed by atoms with Gasteiger partial charge in [-0.2, -0.15) is 0 Å². The number of hydrogen-bond acceptors (Lipinski definition) is 3. The summed E-state index contributed by atoms with van der Waals surface area (Å²) in [4.78, 5) is 12.2. The highest BCUT2D eigenvalue weighted by molar-refractivity contribution is 5.80. The largest absolute Gasteiger partial charge is 0.496 e. The van der Waals surface area contributed by atoms with Crippen molar-refractivity contribution < 1.29 is 13.9 Å². The van der Waals surface area contributed by atoms with Gasteiger partial charge in [-0.05, 0) is 37.6 Å². The summed E-state index contributed by atoms with van der Waals surface area (Å²) in [5.41, 5.74) is 0.652. The van der Waals surface area contributed by atoms with Gasteiger partial charge in [0.2, 0.25) is 5.91 Å². The lowest BCUT2D eigenvalue weighted by Crippen LogP contribution is -2.36. The maximum atomic E-state index is 13.4. The van der Waals surface area contributed by atoms with E-state index in [1.165, 1.54) is 19.2 Å². The van der Waals surface area contributed by atoms with Crippen LogP contribution in [0.2, 0.25) is 0 Å². The molecule has 0 saturated carbocycles. The van der Waals surface area contributed by atoms with Crippen molar-refractivity contribution in [3.63, 3.8) is 0 Å².